The van der Waals surface area contributed by atoms with Crippen molar-refractivity contribution in [3.63, 3.8) is 0 Å². The molecule has 19 heavy (non-hydrogen) atoms. The highest BCUT2D eigenvalue weighted by Crippen LogP contribution is 2.28. The van der Waals surface area contributed by atoms with Gasteiger partial charge in [-0.2, -0.15) is 0 Å². The number of carbonyl (C=O) groups is 1. The van der Waals surface area contributed by atoms with Crippen LogP contribution >= 0.6 is 0 Å². The Balaban J connectivity index is 2.02. The van der Waals surface area contributed by atoms with Crippen LogP contribution < -0.4 is 15.8 Å². The van der Waals surface area contributed by atoms with Gasteiger partial charge in [0.15, 0.2) is 0 Å². The van der Waals surface area contributed by atoms with Crippen LogP contribution in [0.25, 0.3) is 0 Å². The molecule has 0 radical (unpaired) electrons. The summed E-state index contributed by atoms with van der Waals surface area (Å²) < 4.78 is 10.5. The van der Waals surface area contributed by atoms with E-state index >= 15 is 0 Å². The van der Waals surface area contributed by atoms with E-state index in [-0.39, 0.29) is 11.9 Å². The van der Waals surface area contributed by atoms with E-state index in [9.17, 15) is 4.79 Å². The maximum atomic E-state index is 12.2. The van der Waals surface area contributed by atoms with Crippen molar-refractivity contribution in [1.82, 2.24) is 4.98 Å². The molecule has 1 aromatic rings. The molecule has 0 aliphatic carbocycles. The monoisotopic (exact) mass is 265 g/mol. The number of rotatable bonds is 4. The van der Waals surface area contributed by atoms with Crippen molar-refractivity contribution in [2.45, 2.75) is 19.9 Å². The third-order valence-corrected chi connectivity index (χ3v) is 3.32. The van der Waals surface area contributed by atoms with Gasteiger partial charge in [-0.15, -0.1) is 0 Å². The lowest BCUT2D eigenvalue weighted by Crippen LogP contribution is -2.47. The number of aromatic nitrogens is 1. The molecule has 1 amide bonds. The van der Waals surface area contributed by atoms with Gasteiger partial charge in [-0.3, -0.25) is 4.79 Å². The van der Waals surface area contributed by atoms with Crippen LogP contribution in [0.5, 0.6) is 5.88 Å². The lowest BCUT2D eigenvalue weighted by molar-refractivity contribution is -0.125. The molecule has 1 saturated heterocycles. The van der Waals surface area contributed by atoms with Gasteiger partial charge in [-0.1, -0.05) is 0 Å². The summed E-state index contributed by atoms with van der Waals surface area (Å²) in [5, 5.41) is 2.81. The average molecular weight is 265 g/mol. The first-order chi connectivity index (χ1) is 9.06. The zero-order valence-corrected chi connectivity index (χ0v) is 11.2. The molecule has 1 aromatic heterocycles. The van der Waals surface area contributed by atoms with Gasteiger partial charge >= 0.3 is 0 Å². The Morgan fingerprint density at radius 3 is 3.00 bits per heavy atom. The van der Waals surface area contributed by atoms with Crippen LogP contribution in [0.15, 0.2) is 18.3 Å². The third kappa shape index (κ3) is 2.85. The van der Waals surface area contributed by atoms with Crippen LogP contribution in [-0.4, -0.2) is 36.8 Å². The Hall–Kier alpha value is -1.66. The normalized spacial score (nSPS) is 26.2. The number of hydrogen-bond acceptors (Lipinski definition) is 5. The van der Waals surface area contributed by atoms with Crippen LogP contribution in [0.2, 0.25) is 0 Å². The summed E-state index contributed by atoms with van der Waals surface area (Å²) in [5.41, 5.74) is 5.83. The van der Waals surface area contributed by atoms with Crippen LogP contribution in [0.1, 0.15) is 13.8 Å². The van der Waals surface area contributed by atoms with E-state index in [0.29, 0.717) is 31.4 Å². The number of nitrogens with zero attached hydrogens (tertiary/aromatic N) is 1. The van der Waals surface area contributed by atoms with E-state index in [2.05, 4.69) is 10.3 Å². The number of ether oxygens (including phenoxy) is 2. The van der Waals surface area contributed by atoms with E-state index < -0.39 is 5.41 Å². The number of amides is 1. The summed E-state index contributed by atoms with van der Waals surface area (Å²) in [4.78, 5) is 16.3. The largest absolute Gasteiger partial charge is 0.478 e. The number of pyridine rings is 1. The molecule has 1 aliphatic heterocycles. The molecular formula is C13H19N3O3. The molecule has 1 fully saturated rings. The van der Waals surface area contributed by atoms with Crippen LogP contribution in [-0.2, 0) is 9.53 Å². The molecule has 1 aliphatic rings. The Morgan fingerprint density at radius 2 is 2.47 bits per heavy atom. The lowest BCUT2D eigenvalue weighted by Gasteiger charge is -2.25. The molecule has 2 unspecified atom stereocenters. The van der Waals surface area contributed by atoms with Crippen molar-refractivity contribution in [2.75, 3.05) is 25.1 Å². The molecule has 0 aromatic carbocycles. The minimum Gasteiger partial charge on any atom is -0.478 e. The van der Waals surface area contributed by atoms with Crippen molar-refractivity contribution in [3.05, 3.63) is 18.3 Å². The molecule has 6 heteroatoms. The van der Waals surface area contributed by atoms with Crippen molar-refractivity contribution in [2.24, 2.45) is 11.1 Å². The van der Waals surface area contributed by atoms with Gasteiger partial charge in [0, 0.05) is 12.1 Å². The Bertz CT molecular complexity index is 449. The predicted molar refractivity (Wildman–Crippen MR) is 70.9 cm³/mol. The van der Waals surface area contributed by atoms with Crippen LogP contribution in [0.4, 0.5) is 5.69 Å². The summed E-state index contributed by atoms with van der Waals surface area (Å²) in [6.45, 7) is 5.00. The maximum Gasteiger partial charge on any atom is 0.234 e. The van der Waals surface area contributed by atoms with Gasteiger partial charge in [0.1, 0.15) is 0 Å². The number of nitrogens with two attached hydrogens (primary N) is 1. The van der Waals surface area contributed by atoms with Gasteiger partial charge in [0.2, 0.25) is 11.8 Å². The molecule has 104 valence electrons. The van der Waals surface area contributed by atoms with Gasteiger partial charge in [0.25, 0.3) is 0 Å². The molecular weight excluding hydrogens is 246 g/mol. The highest BCUT2D eigenvalue weighted by atomic mass is 16.5. The maximum absolute atomic E-state index is 12.2. The molecule has 6 nitrogen and oxygen atoms in total. The summed E-state index contributed by atoms with van der Waals surface area (Å²) in [7, 11) is 0. The first-order valence-electron chi connectivity index (χ1n) is 6.30. The van der Waals surface area contributed by atoms with E-state index in [4.69, 9.17) is 15.2 Å². The topological polar surface area (TPSA) is 86.5 Å². The molecule has 0 saturated carbocycles. The summed E-state index contributed by atoms with van der Waals surface area (Å²) >= 11 is 0. The van der Waals surface area contributed by atoms with E-state index in [0.717, 1.165) is 0 Å². The number of carbonyl (C=O) groups excluding carboxylic acids is 1. The van der Waals surface area contributed by atoms with Gasteiger partial charge < -0.3 is 20.5 Å². The van der Waals surface area contributed by atoms with E-state index in [1.165, 1.54) is 0 Å². The second-order valence-corrected chi connectivity index (χ2v) is 4.81. The zero-order chi connectivity index (χ0) is 13.9. The fourth-order valence-electron chi connectivity index (χ4n) is 1.88. The fourth-order valence-corrected chi connectivity index (χ4v) is 1.88. The van der Waals surface area contributed by atoms with Gasteiger partial charge in [-0.05, 0) is 19.9 Å². The first-order valence-corrected chi connectivity index (χ1v) is 6.30. The molecule has 2 rings (SSSR count). The summed E-state index contributed by atoms with van der Waals surface area (Å²) in [5.74, 6) is 0.385. The molecule has 0 spiro atoms. The number of hydrogen-bond donors (Lipinski definition) is 2. The van der Waals surface area contributed by atoms with Gasteiger partial charge in [0.05, 0.1) is 37.1 Å². The minimum absolute atomic E-state index is 0.150. The standard InChI is InChI=1S/C13H19N3O3/c1-3-19-11-5-4-9(6-15-11)16-12(17)13(2)8-18-7-10(13)14/h4-6,10H,3,7-8,14H2,1-2H3,(H,16,17). The smallest absolute Gasteiger partial charge is 0.234 e. The van der Waals surface area contributed by atoms with Crippen molar-refractivity contribution >= 4 is 11.6 Å². The number of anilines is 1. The average Bonchev–Trinajstić information content (AvgIpc) is 2.74. The summed E-state index contributed by atoms with van der Waals surface area (Å²) in [6, 6.07) is 3.18. The van der Waals surface area contributed by atoms with Crippen molar-refractivity contribution in [1.29, 1.82) is 0 Å². The molecule has 2 heterocycles. The Labute approximate surface area is 112 Å². The molecule has 3 N–H and O–H groups in total. The fraction of sp³-hybridized carbons (Fsp3) is 0.538. The Kier molecular flexibility index (Phi) is 4.01. The number of nitrogens with one attached hydrogen (secondary N) is 1. The lowest BCUT2D eigenvalue weighted by atomic mass is 9.85. The Morgan fingerprint density at radius 1 is 1.68 bits per heavy atom. The van der Waals surface area contributed by atoms with Gasteiger partial charge in [-0.25, -0.2) is 4.98 Å². The van der Waals surface area contributed by atoms with E-state index in [1.807, 2.05) is 13.8 Å². The van der Waals surface area contributed by atoms with Crippen molar-refractivity contribution in [3.8, 4) is 5.88 Å². The SMILES string of the molecule is CCOc1ccc(NC(=O)C2(C)COCC2N)cn1. The quantitative estimate of drug-likeness (QED) is 0.840. The second-order valence-electron chi connectivity index (χ2n) is 4.81. The van der Waals surface area contributed by atoms with E-state index in [1.54, 1.807) is 18.3 Å². The summed E-state index contributed by atoms with van der Waals surface area (Å²) in [6.07, 6.45) is 1.56. The minimum atomic E-state index is -0.696. The highest BCUT2D eigenvalue weighted by molar-refractivity contribution is 5.95. The molecule has 0 bridgehead atoms. The highest BCUT2D eigenvalue weighted by Gasteiger charge is 2.44. The zero-order valence-electron chi connectivity index (χ0n) is 11.2. The predicted octanol–water partition coefficient (Wildman–Crippen LogP) is 0.783. The second kappa shape index (κ2) is 5.54. The third-order valence-electron chi connectivity index (χ3n) is 3.32. The van der Waals surface area contributed by atoms with Crippen LogP contribution in [0.3, 0.4) is 0 Å². The first kappa shape index (κ1) is 13.8. The van der Waals surface area contributed by atoms with Crippen molar-refractivity contribution < 1.29 is 14.3 Å². The molecule has 2 atom stereocenters. The van der Waals surface area contributed by atoms with Crippen LogP contribution in [0, 0.1) is 5.41 Å².